The van der Waals surface area contributed by atoms with Crippen LogP contribution in [0.2, 0.25) is 0 Å². The lowest BCUT2D eigenvalue weighted by molar-refractivity contribution is 0.696. The normalized spacial score (nSPS) is 20.0. The number of hydrogen-bond acceptors (Lipinski definition) is 3. The lowest BCUT2D eigenvalue weighted by atomic mass is 10.1. The molecule has 3 heteroatoms. The van der Waals surface area contributed by atoms with E-state index in [-0.39, 0.29) is 0 Å². The molecule has 0 aliphatic carbocycles. The summed E-state index contributed by atoms with van der Waals surface area (Å²) in [5.74, 6) is 2.56. The second kappa shape index (κ2) is 5.60. The van der Waals surface area contributed by atoms with Gasteiger partial charge in [0.15, 0.2) is 0 Å². The maximum Gasteiger partial charge on any atom is 0.0399 e. The van der Waals surface area contributed by atoms with E-state index in [0.717, 1.165) is 13.0 Å². The predicted molar refractivity (Wildman–Crippen MR) is 73.3 cm³/mol. The maximum atomic E-state index is 5.66. The number of para-hydroxylation sites is 1. The molecular formula is C13H20N2S. The van der Waals surface area contributed by atoms with Crippen molar-refractivity contribution in [3.63, 3.8) is 0 Å². The first-order valence-corrected chi connectivity index (χ1v) is 7.07. The summed E-state index contributed by atoms with van der Waals surface area (Å²) < 4.78 is 0. The zero-order chi connectivity index (χ0) is 11.4. The molecule has 1 unspecified atom stereocenters. The van der Waals surface area contributed by atoms with Gasteiger partial charge < -0.3 is 10.6 Å². The molecule has 0 bridgehead atoms. The number of benzene rings is 1. The van der Waals surface area contributed by atoms with Gasteiger partial charge in [-0.05, 0) is 36.8 Å². The van der Waals surface area contributed by atoms with Gasteiger partial charge in [-0.2, -0.15) is 11.8 Å². The van der Waals surface area contributed by atoms with Crippen molar-refractivity contribution in [3.8, 4) is 0 Å². The smallest absolute Gasteiger partial charge is 0.0399 e. The zero-order valence-corrected chi connectivity index (χ0v) is 10.7. The lowest BCUT2D eigenvalue weighted by Gasteiger charge is -2.28. The third kappa shape index (κ3) is 2.53. The Bertz CT molecular complexity index is 334. The van der Waals surface area contributed by atoms with Crippen molar-refractivity contribution >= 4 is 17.4 Å². The Morgan fingerprint density at radius 1 is 1.44 bits per heavy atom. The van der Waals surface area contributed by atoms with Crippen molar-refractivity contribution in [2.24, 2.45) is 5.73 Å². The van der Waals surface area contributed by atoms with Crippen LogP contribution in [0, 0.1) is 0 Å². The Balaban J connectivity index is 2.17. The van der Waals surface area contributed by atoms with E-state index >= 15 is 0 Å². The van der Waals surface area contributed by atoms with Crippen molar-refractivity contribution in [2.75, 3.05) is 30.0 Å². The minimum atomic E-state index is 0.698. The fraction of sp³-hybridized carbons (Fsp3) is 0.538. The Kier molecular flexibility index (Phi) is 4.13. The van der Waals surface area contributed by atoms with Gasteiger partial charge in [0, 0.05) is 24.5 Å². The summed E-state index contributed by atoms with van der Waals surface area (Å²) in [4.78, 5) is 2.44. The summed E-state index contributed by atoms with van der Waals surface area (Å²) in [6.07, 6.45) is 2.28. The van der Waals surface area contributed by atoms with Crippen LogP contribution in [0.15, 0.2) is 24.3 Å². The first-order chi connectivity index (χ1) is 7.83. The number of thioether (sulfide) groups is 1. The molecule has 0 saturated carbocycles. The quantitative estimate of drug-likeness (QED) is 0.868. The lowest BCUT2D eigenvalue weighted by Crippen LogP contribution is -2.32. The average molecular weight is 236 g/mol. The van der Waals surface area contributed by atoms with Crippen molar-refractivity contribution in [1.29, 1.82) is 0 Å². The molecule has 1 aromatic rings. The molecule has 1 heterocycles. The van der Waals surface area contributed by atoms with Gasteiger partial charge in [0.2, 0.25) is 0 Å². The van der Waals surface area contributed by atoms with Crippen molar-refractivity contribution < 1.29 is 0 Å². The standard InChI is InChI=1S/C13H20N2S/c1-15(12-7-9-16-10-12)13-5-3-2-4-11(13)6-8-14/h2-5,12H,6-10,14H2,1H3. The molecule has 1 saturated heterocycles. The van der Waals surface area contributed by atoms with Crippen molar-refractivity contribution in [2.45, 2.75) is 18.9 Å². The molecule has 1 fully saturated rings. The van der Waals surface area contributed by atoms with Crippen LogP contribution in [-0.4, -0.2) is 31.1 Å². The van der Waals surface area contributed by atoms with E-state index in [1.54, 1.807) is 0 Å². The van der Waals surface area contributed by atoms with Crippen LogP contribution in [0.3, 0.4) is 0 Å². The molecule has 1 atom stereocenters. The van der Waals surface area contributed by atoms with Crippen LogP contribution in [0.4, 0.5) is 5.69 Å². The fourth-order valence-corrected chi connectivity index (χ4v) is 3.51. The Labute approximate surface area is 102 Å². The maximum absolute atomic E-state index is 5.66. The Hall–Kier alpha value is -0.670. The summed E-state index contributed by atoms with van der Waals surface area (Å²) in [5.41, 5.74) is 8.40. The highest BCUT2D eigenvalue weighted by molar-refractivity contribution is 7.99. The van der Waals surface area contributed by atoms with Crippen LogP contribution < -0.4 is 10.6 Å². The second-order valence-electron chi connectivity index (χ2n) is 4.30. The molecule has 0 radical (unpaired) electrons. The van der Waals surface area contributed by atoms with Gasteiger partial charge >= 0.3 is 0 Å². The number of nitrogens with two attached hydrogens (primary N) is 1. The highest BCUT2D eigenvalue weighted by atomic mass is 32.2. The topological polar surface area (TPSA) is 29.3 Å². The summed E-state index contributed by atoms with van der Waals surface area (Å²) in [6.45, 7) is 0.726. The minimum absolute atomic E-state index is 0.698. The number of rotatable bonds is 4. The molecular weight excluding hydrogens is 216 g/mol. The van der Waals surface area contributed by atoms with Gasteiger partial charge in [-0.15, -0.1) is 0 Å². The van der Waals surface area contributed by atoms with E-state index in [1.165, 1.54) is 29.2 Å². The molecule has 2 N–H and O–H groups in total. The summed E-state index contributed by atoms with van der Waals surface area (Å²) in [6, 6.07) is 9.33. The summed E-state index contributed by atoms with van der Waals surface area (Å²) in [7, 11) is 2.21. The van der Waals surface area contributed by atoms with E-state index in [0.29, 0.717) is 6.04 Å². The fourth-order valence-electron chi connectivity index (χ4n) is 2.25. The Morgan fingerprint density at radius 2 is 2.25 bits per heavy atom. The average Bonchev–Trinajstić information content (AvgIpc) is 2.83. The van der Waals surface area contributed by atoms with E-state index < -0.39 is 0 Å². The molecule has 1 aromatic carbocycles. The third-order valence-corrected chi connectivity index (χ3v) is 4.38. The second-order valence-corrected chi connectivity index (χ2v) is 5.45. The van der Waals surface area contributed by atoms with Gasteiger partial charge in [0.1, 0.15) is 0 Å². The Morgan fingerprint density at radius 3 is 2.94 bits per heavy atom. The van der Waals surface area contributed by atoms with Crippen LogP contribution in [-0.2, 0) is 6.42 Å². The zero-order valence-electron chi connectivity index (χ0n) is 9.86. The molecule has 88 valence electrons. The molecule has 0 spiro atoms. The first-order valence-electron chi connectivity index (χ1n) is 5.91. The molecule has 1 aliphatic heterocycles. The molecule has 2 nitrogen and oxygen atoms in total. The summed E-state index contributed by atoms with van der Waals surface area (Å²) in [5, 5.41) is 0. The van der Waals surface area contributed by atoms with Crippen LogP contribution in [0.5, 0.6) is 0 Å². The highest BCUT2D eigenvalue weighted by Crippen LogP contribution is 2.28. The van der Waals surface area contributed by atoms with Gasteiger partial charge in [0.05, 0.1) is 0 Å². The third-order valence-electron chi connectivity index (χ3n) is 3.24. The number of anilines is 1. The minimum Gasteiger partial charge on any atom is -0.371 e. The monoisotopic (exact) mass is 236 g/mol. The molecule has 0 aromatic heterocycles. The van der Waals surface area contributed by atoms with E-state index in [9.17, 15) is 0 Å². The SMILES string of the molecule is CN(c1ccccc1CCN)C1CCSC1. The molecule has 16 heavy (non-hydrogen) atoms. The van der Waals surface area contributed by atoms with Crippen LogP contribution >= 0.6 is 11.8 Å². The van der Waals surface area contributed by atoms with Crippen molar-refractivity contribution in [1.82, 2.24) is 0 Å². The molecule has 1 aliphatic rings. The number of hydrogen-bond donors (Lipinski definition) is 1. The predicted octanol–water partition coefficient (Wildman–Crippen LogP) is 2.13. The highest BCUT2D eigenvalue weighted by Gasteiger charge is 2.21. The van der Waals surface area contributed by atoms with Gasteiger partial charge in [0.25, 0.3) is 0 Å². The first kappa shape index (κ1) is 11.8. The van der Waals surface area contributed by atoms with E-state index in [1.807, 2.05) is 0 Å². The van der Waals surface area contributed by atoms with E-state index in [4.69, 9.17) is 5.73 Å². The van der Waals surface area contributed by atoms with Crippen LogP contribution in [0.1, 0.15) is 12.0 Å². The van der Waals surface area contributed by atoms with Gasteiger partial charge in [-0.1, -0.05) is 18.2 Å². The van der Waals surface area contributed by atoms with Crippen molar-refractivity contribution in [3.05, 3.63) is 29.8 Å². The van der Waals surface area contributed by atoms with Gasteiger partial charge in [-0.25, -0.2) is 0 Å². The number of nitrogens with zero attached hydrogens (tertiary/aromatic N) is 1. The van der Waals surface area contributed by atoms with Gasteiger partial charge in [-0.3, -0.25) is 0 Å². The summed E-state index contributed by atoms with van der Waals surface area (Å²) >= 11 is 2.06. The van der Waals surface area contributed by atoms with E-state index in [2.05, 4.69) is 48.0 Å². The van der Waals surface area contributed by atoms with Crippen LogP contribution in [0.25, 0.3) is 0 Å². The molecule has 2 rings (SSSR count). The largest absolute Gasteiger partial charge is 0.371 e. The molecule has 0 amide bonds.